The predicted octanol–water partition coefficient (Wildman–Crippen LogP) is 3.53. The Morgan fingerprint density at radius 1 is 1.12 bits per heavy atom. The van der Waals surface area contributed by atoms with E-state index < -0.39 is 0 Å². The zero-order valence-corrected chi connectivity index (χ0v) is 14.1. The summed E-state index contributed by atoms with van der Waals surface area (Å²) in [6, 6.07) is 9.73. The normalized spacial score (nSPS) is 14.1. The summed E-state index contributed by atoms with van der Waals surface area (Å²) in [6.07, 6.45) is 1.07. The van der Waals surface area contributed by atoms with Crippen molar-refractivity contribution >= 4 is 22.4 Å². The third-order valence-electron chi connectivity index (χ3n) is 3.63. The van der Waals surface area contributed by atoms with E-state index in [0.29, 0.717) is 0 Å². The molecular weight excluding hydrogens is 322 g/mol. The minimum absolute atomic E-state index is 0.767. The zero-order valence-electron chi connectivity index (χ0n) is 13.2. The molecule has 2 N–H and O–H groups in total. The number of anilines is 1. The van der Waals surface area contributed by atoms with Gasteiger partial charge in [0.15, 0.2) is 16.9 Å². The molecule has 4 heterocycles. The van der Waals surface area contributed by atoms with Crippen LogP contribution < -0.4 is 10.6 Å². The van der Waals surface area contributed by atoms with E-state index in [2.05, 4.69) is 25.6 Å². The van der Waals surface area contributed by atoms with Crippen LogP contribution >= 0.6 is 11.3 Å². The quantitative estimate of drug-likeness (QED) is 0.763. The maximum Gasteiger partial charge on any atom is 0.197 e. The zero-order chi connectivity index (χ0) is 16.4. The van der Waals surface area contributed by atoms with E-state index in [0.717, 1.165) is 59.2 Å². The largest absolute Gasteiger partial charge is 0.460 e. The second kappa shape index (κ2) is 6.45. The summed E-state index contributed by atoms with van der Waals surface area (Å²) in [5.41, 5.74) is 2.47. The highest BCUT2D eigenvalue weighted by Crippen LogP contribution is 2.26. The number of aryl methyl sites for hydroxylation is 1. The minimum Gasteiger partial charge on any atom is -0.460 e. The molecule has 0 spiro atoms. The van der Waals surface area contributed by atoms with Crippen molar-refractivity contribution in [1.29, 1.82) is 0 Å². The number of hydrogen-bond donors (Lipinski definition) is 2. The van der Waals surface area contributed by atoms with Crippen molar-refractivity contribution in [3.8, 4) is 22.8 Å². The van der Waals surface area contributed by atoms with Gasteiger partial charge in [-0.05, 0) is 37.6 Å². The van der Waals surface area contributed by atoms with Crippen LogP contribution in [0.5, 0.6) is 0 Å². The molecule has 0 amide bonds. The van der Waals surface area contributed by atoms with Gasteiger partial charge in [0.05, 0.1) is 5.69 Å². The molecule has 0 saturated carbocycles. The Bertz CT molecular complexity index is 883. The van der Waals surface area contributed by atoms with Crippen LogP contribution in [-0.2, 0) is 0 Å². The molecule has 4 rings (SSSR count). The highest BCUT2D eigenvalue weighted by Gasteiger charge is 2.11. The number of thiazole rings is 1. The van der Waals surface area contributed by atoms with Crippen LogP contribution in [0.25, 0.3) is 22.8 Å². The molecule has 0 fully saturated rings. The fraction of sp³-hybridized carbons (Fsp3) is 0.235. The van der Waals surface area contributed by atoms with E-state index in [-0.39, 0.29) is 0 Å². The summed E-state index contributed by atoms with van der Waals surface area (Å²) < 4.78 is 5.65. The van der Waals surface area contributed by atoms with Crippen molar-refractivity contribution in [2.75, 3.05) is 18.4 Å². The van der Waals surface area contributed by atoms with Gasteiger partial charge in [-0.2, -0.15) is 0 Å². The highest BCUT2D eigenvalue weighted by molar-refractivity contribution is 7.14. The van der Waals surface area contributed by atoms with Crippen LogP contribution in [-0.4, -0.2) is 29.0 Å². The number of guanidine groups is 1. The molecule has 122 valence electrons. The Morgan fingerprint density at radius 3 is 2.83 bits per heavy atom. The number of hydrogen-bond acceptors (Lipinski definition) is 7. The Morgan fingerprint density at radius 2 is 2.04 bits per heavy atom. The summed E-state index contributed by atoms with van der Waals surface area (Å²) in [6.45, 7) is 3.71. The third-order valence-corrected chi connectivity index (χ3v) is 4.39. The molecule has 3 aromatic heterocycles. The van der Waals surface area contributed by atoms with Crippen molar-refractivity contribution in [3.63, 3.8) is 0 Å². The Kier molecular flexibility index (Phi) is 4.00. The number of rotatable bonds is 3. The van der Waals surface area contributed by atoms with E-state index in [1.165, 1.54) is 11.3 Å². The van der Waals surface area contributed by atoms with Crippen LogP contribution in [0.15, 0.2) is 45.1 Å². The smallest absolute Gasteiger partial charge is 0.197 e. The molecule has 6 nitrogen and oxygen atoms in total. The lowest BCUT2D eigenvalue weighted by atomic mass is 10.2. The molecular formula is C17H17N5OS. The van der Waals surface area contributed by atoms with Gasteiger partial charge in [-0.25, -0.2) is 9.97 Å². The Hall–Kier alpha value is -2.67. The van der Waals surface area contributed by atoms with Gasteiger partial charge in [0.1, 0.15) is 17.1 Å². The SMILES string of the molecule is Cc1ccc(-c2cccc(-c3csc(NC4=NCCCN4)n3)n2)o1. The van der Waals surface area contributed by atoms with Gasteiger partial charge >= 0.3 is 0 Å². The summed E-state index contributed by atoms with van der Waals surface area (Å²) in [4.78, 5) is 13.7. The Labute approximate surface area is 143 Å². The average Bonchev–Trinajstić information content (AvgIpc) is 3.25. The third kappa shape index (κ3) is 3.16. The summed E-state index contributed by atoms with van der Waals surface area (Å²) in [5.74, 6) is 2.43. The fourth-order valence-electron chi connectivity index (χ4n) is 2.45. The molecule has 0 aromatic carbocycles. The van der Waals surface area contributed by atoms with Gasteiger partial charge < -0.3 is 15.1 Å². The Balaban J connectivity index is 1.57. The fourth-order valence-corrected chi connectivity index (χ4v) is 3.16. The maximum absolute atomic E-state index is 5.65. The molecule has 7 heteroatoms. The van der Waals surface area contributed by atoms with Gasteiger partial charge in [-0.15, -0.1) is 11.3 Å². The van der Waals surface area contributed by atoms with Gasteiger partial charge in [-0.1, -0.05) is 6.07 Å². The highest BCUT2D eigenvalue weighted by atomic mass is 32.1. The van der Waals surface area contributed by atoms with Crippen LogP contribution in [0.3, 0.4) is 0 Å². The van der Waals surface area contributed by atoms with Gasteiger partial charge in [0, 0.05) is 18.5 Å². The van der Waals surface area contributed by atoms with Gasteiger partial charge in [0.2, 0.25) is 0 Å². The topological polar surface area (TPSA) is 75.3 Å². The second-order valence-corrected chi connectivity index (χ2v) is 6.35. The molecule has 0 atom stereocenters. The molecule has 1 aliphatic rings. The van der Waals surface area contributed by atoms with Crippen LogP contribution in [0.2, 0.25) is 0 Å². The maximum atomic E-state index is 5.65. The molecule has 24 heavy (non-hydrogen) atoms. The van der Waals surface area contributed by atoms with E-state index in [1.807, 2.05) is 42.6 Å². The molecule has 3 aromatic rings. The molecule has 0 radical (unpaired) electrons. The van der Waals surface area contributed by atoms with Crippen molar-refractivity contribution < 1.29 is 4.42 Å². The lowest BCUT2D eigenvalue weighted by Gasteiger charge is -2.14. The first-order valence-corrected chi connectivity index (χ1v) is 8.71. The van der Waals surface area contributed by atoms with Crippen LogP contribution in [0, 0.1) is 6.92 Å². The number of aromatic nitrogens is 2. The number of furan rings is 1. The minimum atomic E-state index is 0.767. The lowest BCUT2D eigenvalue weighted by Crippen LogP contribution is -2.35. The monoisotopic (exact) mass is 339 g/mol. The second-order valence-electron chi connectivity index (χ2n) is 5.49. The number of aliphatic imine (C=N–C) groups is 1. The molecule has 0 aliphatic carbocycles. The van der Waals surface area contributed by atoms with Gasteiger partial charge in [0.25, 0.3) is 0 Å². The summed E-state index contributed by atoms with van der Waals surface area (Å²) in [7, 11) is 0. The van der Waals surface area contributed by atoms with Gasteiger partial charge in [-0.3, -0.25) is 4.99 Å². The van der Waals surface area contributed by atoms with Crippen molar-refractivity contribution in [2.24, 2.45) is 4.99 Å². The van der Waals surface area contributed by atoms with E-state index in [4.69, 9.17) is 4.42 Å². The van der Waals surface area contributed by atoms with E-state index in [9.17, 15) is 0 Å². The number of nitrogens with one attached hydrogen (secondary N) is 2. The molecule has 1 aliphatic heterocycles. The van der Waals surface area contributed by atoms with Crippen LogP contribution in [0.4, 0.5) is 5.13 Å². The van der Waals surface area contributed by atoms with E-state index in [1.54, 1.807) is 0 Å². The summed E-state index contributed by atoms with van der Waals surface area (Å²) in [5, 5.41) is 9.24. The van der Waals surface area contributed by atoms with Crippen molar-refractivity contribution in [2.45, 2.75) is 13.3 Å². The number of nitrogens with zero attached hydrogens (tertiary/aromatic N) is 3. The first kappa shape index (κ1) is 14.9. The van der Waals surface area contributed by atoms with Crippen molar-refractivity contribution in [3.05, 3.63) is 41.5 Å². The molecule has 0 saturated heterocycles. The first-order valence-electron chi connectivity index (χ1n) is 7.83. The van der Waals surface area contributed by atoms with Crippen LogP contribution in [0.1, 0.15) is 12.2 Å². The standard InChI is InChI=1S/C17H17N5OS/c1-11-6-7-15(23-11)13-5-2-4-12(20-13)14-10-24-17(21-14)22-16-18-8-3-9-19-16/h2,4-7,10H,3,8-9H2,1H3,(H2,18,19,21,22). The average molecular weight is 339 g/mol. The first-order chi connectivity index (χ1) is 11.8. The summed E-state index contributed by atoms with van der Waals surface area (Å²) >= 11 is 1.54. The molecule has 0 bridgehead atoms. The lowest BCUT2D eigenvalue weighted by molar-refractivity contribution is 0.546. The predicted molar refractivity (Wildman–Crippen MR) is 96.3 cm³/mol. The van der Waals surface area contributed by atoms with Crippen molar-refractivity contribution in [1.82, 2.24) is 15.3 Å². The number of pyridine rings is 1. The van der Waals surface area contributed by atoms with E-state index >= 15 is 0 Å². The molecule has 0 unspecified atom stereocenters.